The molecule has 0 spiro atoms. The fourth-order valence-corrected chi connectivity index (χ4v) is 3.99. The Morgan fingerprint density at radius 3 is 2.66 bits per heavy atom. The first kappa shape index (κ1) is 22.2. The number of carbonyl (C=O) groups is 1. The van der Waals surface area contributed by atoms with E-state index in [2.05, 4.69) is 15.6 Å². The van der Waals surface area contributed by atoms with Crippen molar-refractivity contribution in [3.8, 4) is 5.75 Å². The molecule has 2 aromatic carbocycles. The first-order valence-electron chi connectivity index (χ1n) is 10.0. The summed E-state index contributed by atoms with van der Waals surface area (Å²) in [4.78, 5) is 18.3. The number of amides is 1. The number of methoxy groups -OCH3 is 1. The van der Waals surface area contributed by atoms with Gasteiger partial charge in [0.25, 0.3) is 5.91 Å². The fourth-order valence-electron chi connectivity index (χ4n) is 3.52. The van der Waals surface area contributed by atoms with E-state index in [1.54, 1.807) is 23.9 Å². The SMILES string of the molecule is COc1ccc(C2=NOC(C(=O)Nc3c(C)nn(Cc4ccc(Cl)cc4Cl)c3C)C2)cc1. The molecule has 0 saturated heterocycles. The third-order valence-corrected chi connectivity index (χ3v) is 5.94. The number of benzene rings is 2. The van der Waals surface area contributed by atoms with Gasteiger partial charge in [-0.25, -0.2) is 0 Å². The smallest absolute Gasteiger partial charge is 0.268 e. The summed E-state index contributed by atoms with van der Waals surface area (Å²) in [6.07, 6.45) is -0.329. The van der Waals surface area contributed by atoms with Crippen molar-refractivity contribution in [3.05, 3.63) is 75.0 Å². The zero-order valence-electron chi connectivity index (χ0n) is 17.9. The maximum absolute atomic E-state index is 12.9. The van der Waals surface area contributed by atoms with Crippen molar-refractivity contribution in [1.29, 1.82) is 0 Å². The minimum absolute atomic E-state index is 0.271. The Bertz CT molecular complexity index is 1190. The number of aromatic nitrogens is 2. The highest BCUT2D eigenvalue weighted by Crippen LogP contribution is 2.26. The zero-order valence-corrected chi connectivity index (χ0v) is 19.4. The Morgan fingerprint density at radius 1 is 1.22 bits per heavy atom. The molecule has 1 aromatic heterocycles. The number of hydrogen-bond donors (Lipinski definition) is 1. The molecule has 1 amide bonds. The van der Waals surface area contributed by atoms with Gasteiger partial charge >= 0.3 is 0 Å². The van der Waals surface area contributed by atoms with Gasteiger partial charge in [0, 0.05) is 16.5 Å². The lowest BCUT2D eigenvalue weighted by atomic mass is 10.0. The van der Waals surface area contributed by atoms with Crippen LogP contribution in [0, 0.1) is 13.8 Å². The van der Waals surface area contributed by atoms with Crippen molar-refractivity contribution in [2.45, 2.75) is 32.9 Å². The van der Waals surface area contributed by atoms with Gasteiger partial charge in [0.2, 0.25) is 6.10 Å². The largest absolute Gasteiger partial charge is 0.497 e. The Morgan fingerprint density at radius 2 is 1.97 bits per heavy atom. The number of ether oxygens (including phenoxy) is 1. The van der Waals surface area contributed by atoms with E-state index in [1.165, 1.54) is 0 Å². The van der Waals surface area contributed by atoms with Crippen LogP contribution in [0.1, 0.15) is 28.9 Å². The van der Waals surface area contributed by atoms with Crippen molar-refractivity contribution in [2.24, 2.45) is 5.16 Å². The lowest BCUT2D eigenvalue weighted by molar-refractivity contribution is -0.125. The topological polar surface area (TPSA) is 77.7 Å². The van der Waals surface area contributed by atoms with Gasteiger partial charge in [0.15, 0.2) is 0 Å². The molecule has 32 heavy (non-hydrogen) atoms. The second-order valence-corrected chi connectivity index (χ2v) is 8.34. The van der Waals surface area contributed by atoms with Gasteiger partial charge in [-0.3, -0.25) is 9.48 Å². The molecule has 7 nitrogen and oxygen atoms in total. The van der Waals surface area contributed by atoms with Gasteiger partial charge in [-0.1, -0.05) is 34.4 Å². The maximum Gasteiger partial charge on any atom is 0.268 e. The van der Waals surface area contributed by atoms with Crippen LogP contribution < -0.4 is 10.1 Å². The lowest BCUT2D eigenvalue weighted by Gasteiger charge is -2.11. The van der Waals surface area contributed by atoms with Gasteiger partial charge in [-0.05, 0) is 61.4 Å². The van der Waals surface area contributed by atoms with Gasteiger partial charge < -0.3 is 14.9 Å². The summed E-state index contributed by atoms with van der Waals surface area (Å²) >= 11 is 12.3. The van der Waals surface area contributed by atoms with Crippen LogP contribution >= 0.6 is 23.2 Å². The Hall–Kier alpha value is -3.03. The molecule has 0 saturated carbocycles. The fraction of sp³-hybridized carbons (Fsp3) is 0.261. The number of nitrogens with one attached hydrogen (secondary N) is 1. The molecule has 4 rings (SSSR count). The van der Waals surface area contributed by atoms with Crippen LogP contribution in [-0.2, 0) is 16.2 Å². The highest BCUT2D eigenvalue weighted by Gasteiger charge is 2.30. The van der Waals surface area contributed by atoms with Crippen LogP contribution in [0.4, 0.5) is 5.69 Å². The van der Waals surface area contributed by atoms with E-state index in [0.717, 1.165) is 22.6 Å². The summed E-state index contributed by atoms with van der Waals surface area (Å²) in [6.45, 7) is 4.20. The molecule has 1 unspecified atom stereocenters. The van der Waals surface area contributed by atoms with Gasteiger partial charge in [-0.15, -0.1) is 0 Å². The van der Waals surface area contributed by atoms with E-state index >= 15 is 0 Å². The van der Waals surface area contributed by atoms with Gasteiger partial charge in [-0.2, -0.15) is 5.10 Å². The molecule has 1 N–H and O–H groups in total. The molecule has 1 atom stereocenters. The summed E-state index contributed by atoms with van der Waals surface area (Å²) in [5.41, 5.74) is 4.67. The monoisotopic (exact) mass is 472 g/mol. The van der Waals surface area contributed by atoms with E-state index in [4.69, 9.17) is 32.8 Å². The van der Waals surface area contributed by atoms with Crippen molar-refractivity contribution < 1.29 is 14.4 Å². The molecule has 0 fully saturated rings. The number of hydrogen-bond acceptors (Lipinski definition) is 5. The number of carbonyl (C=O) groups excluding carboxylic acids is 1. The lowest BCUT2D eigenvalue weighted by Crippen LogP contribution is -2.28. The van der Waals surface area contributed by atoms with Crippen LogP contribution in [0.25, 0.3) is 0 Å². The predicted octanol–water partition coefficient (Wildman–Crippen LogP) is 5.00. The molecule has 1 aliphatic rings. The van der Waals surface area contributed by atoms with Crippen LogP contribution in [0.5, 0.6) is 5.75 Å². The molecule has 0 radical (unpaired) electrons. The number of halogens is 2. The molecule has 2 heterocycles. The van der Waals surface area contributed by atoms with Crippen LogP contribution in [0.15, 0.2) is 47.6 Å². The summed E-state index contributed by atoms with van der Waals surface area (Å²) in [7, 11) is 1.61. The molecule has 1 aliphatic heterocycles. The van der Waals surface area contributed by atoms with E-state index in [-0.39, 0.29) is 5.91 Å². The number of nitrogens with zero attached hydrogens (tertiary/aromatic N) is 3. The summed E-state index contributed by atoms with van der Waals surface area (Å²) < 4.78 is 6.98. The maximum atomic E-state index is 12.9. The third kappa shape index (κ3) is 4.59. The quantitative estimate of drug-likeness (QED) is 0.547. The van der Waals surface area contributed by atoms with E-state index < -0.39 is 6.10 Å². The standard InChI is InChI=1S/C23H22Cl2N4O3/c1-13-22(14(2)29(27-13)12-16-4-7-17(24)10-19(16)25)26-23(30)21-11-20(28-32-21)15-5-8-18(31-3)9-6-15/h4-10,21H,11-12H2,1-3H3,(H,26,30). The molecule has 3 aromatic rings. The van der Waals surface area contributed by atoms with Gasteiger partial charge in [0.1, 0.15) is 5.75 Å². The molecule has 0 aliphatic carbocycles. The van der Waals surface area contributed by atoms with Crippen LogP contribution in [0.2, 0.25) is 10.0 Å². The normalized spacial score (nSPS) is 15.3. The summed E-state index contributed by atoms with van der Waals surface area (Å²) in [5.74, 6) is 0.484. The third-order valence-electron chi connectivity index (χ3n) is 5.35. The second kappa shape index (κ2) is 9.22. The van der Waals surface area contributed by atoms with E-state index in [1.807, 2.05) is 44.2 Å². The average molecular weight is 473 g/mol. The average Bonchev–Trinajstić information content (AvgIpc) is 3.37. The molecule has 166 valence electrons. The number of aryl methyl sites for hydroxylation is 1. The zero-order chi connectivity index (χ0) is 22.8. The van der Waals surface area contributed by atoms with Crippen molar-refractivity contribution in [3.63, 3.8) is 0 Å². The van der Waals surface area contributed by atoms with Crippen molar-refractivity contribution >= 4 is 40.5 Å². The van der Waals surface area contributed by atoms with Crippen LogP contribution in [0.3, 0.4) is 0 Å². The van der Waals surface area contributed by atoms with E-state index in [9.17, 15) is 4.79 Å². The van der Waals surface area contributed by atoms with Crippen molar-refractivity contribution in [2.75, 3.05) is 12.4 Å². The Kier molecular flexibility index (Phi) is 6.39. The first-order chi connectivity index (χ1) is 15.4. The number of rotatable bonds is 6. The predicted molar refractivity (Wildman–Crippen MR) is 125 cm³/mol. The minimum atomic E-state index is -0.708. The summed E-state index contributed by atoms with van der Waals surface area (Å²) in [5, 5.41) is 12.7. The second-order valence-electron chi connectivity index (χ2n) is 7.49. The first-order valence-corrected chi connectivity index (χ1v) is 10.8. The Labute approximate surface area is 195 Å². The van der Waals surface area contributed by atoms with E-state index in [0.29, 0.717) is 40.1 Å². The highest BCUT2D eigenvalue weighted by atomic mass is 35.5. The molecular formula is C23H22Cl2N4O3. The molecular weight excluding hydrogens is 451 g/mol. The number of anilines is 1. The Balaban J connectivity index is 1.43. The van der Waals surface area contributed by atoms with Gasteiger partial charge in [0.05, 0.1) is 36.4 Å². The highest BCUT2D eigenvalue weighted by molar-refractivity contribution is 6.35. The number of oxime groups is 1. The van der Waals surface area contributed by atoms with Crippen molar-refractivity contribution in [1.82, 2.24) is 9.78 Å². The molecule has 9 heteroatoms. The molecule has 0 bridgehead atoms. The summed E-state index contributed by atoms with van der Waals surface area (Å²) in [6, 6.07) is 12.8. The minimum Gasteiger partial charge on any atom is -0.497 e. The van der Waals surface area contributed by atoms with Crippen LogP contribution in [-0.4, -0.2) is 34.6 Å².